The van der Waals surface area contributed by atoms with E-state index in [9.17, 15) is 4.79 Å². The molecule has 0 radical (unpaired) electrons. The van der Waals surface area contributed by atoms with Gasteiger partial charge in [-0.15, -0.1) is 0 Å². The number of hydrogen-bond acceptors (Lipinski definition) is 1. The van der Waals surface area contributed by atoms with Crippen LogP contribution in [0.25, 0.3) is 10.9 Å². The molecule has 0 atom stereocenters. The normalized spacial score (nSPS) is 10.7. The van der Waals surface area contributed by atoms with Crippen LogP contribution in [0.15, 0.2) is 30.5 Å². The van der Waals surface area contributed by atoms with Crippen LogP contribution in [0.3, 0.4) is 0 Å². The first-order valence-electron chi connectivity index (χ1n) is 5.29. The summed E-state index contributed by atoms with van der Waals surface area (Å²) in [4.78, 5) is 10.3. The van der Waals surface area contributed by atoms with Crippen molar-refractivity contribution in [2.24, 2.45) is 7.05 Å². The topological polar surface area (TPSA) is 22.0 Å². The number of aromatic nitrogens is 1. The highest BCUT2D eigenvalue weighted by Crippen LogP contribution is 2.20. The third-order valence-electron chi connectivity index (χ3n) is 2.79. The third kappa shape index (κ3) is 1.94. The predicted octanol–water partition coefficient (Wildman–Crippen LogP) is 2.70. The lowest BCUT2D eigenvalue weighted by Gasteiger charge is -2.02. The van der Waals surface area contributed by atoms with Gasteiger partial charge in [-0.1, -0.05) is 12.1 Å². The zero-order chi connectivity index (χ0) is 10.7. The highest BCUT2D eigenvalue weighted by Gasteiger charge is 2.02. The Kier molecular flexibility index (Phi) is 2.86. The van der Waals surface area contributed by atoms with Crippen LogP contribution in [0, 0.1) is 0 Å². The molecule has 2 aromatic rings. The number of aldehydes is 1. The SMILES string of the molecule is Cn1ccc2c(CCCC=O)cccc21. The van der Waals surface area contributed by atoms with E-state index in [1.807, 2.05) is 0 Å². The Morgan fingerprint density at radius 1 is 1.33 bits per heavy atom. The molecule has 0 aliphatic heterocycles. The highest BCUT2D eigenvalue weighted by molar-refractivity contribution is 5.83. The second-order valence-electron chi connectivity index (χ2n) is 3.84. The molecule has 2 nitrogen and oxygen atoms in total. The quantitative estimate of drug-likeness (QED) is 0.550. The summed E-state index contributed by atoms with van der Waals surface area (Å²) in [6.45, 7) is 0. The molecule has 0 fully saturated rings. The molecule has 2 rings (SSSR count). The molecule has 0 spiro atoms. The average molecular weight is 201 g/mol. The maximum Gasteiger partial charge on any atom is 0.120 e. The monoisotopic (exact) mass is 201 g/mol. The fourth-order valence-electron chi connectivity index (χ4n) is 1.96. The van der Waals surface area contributed by atoms with Gasteiger partial charge in [0.25, 0.3) is 0 Å². The zero-order valence-corrected chi connectivity index (χ0v) is 8.94. The average Bonchev–Trinajstić information content (AvgIpc) is 2.62. The molecule has 0 saturated carbocycles. The number of carbonyl (C=O) groups excluding carboxylic acids is 1. The fraction of sp³-hybridized carbons (Fsp3) is 0.308. The minimum atomic E-state index is 0.656. The van der Waals surface area contributed by atoms with E-state index in [1.54, 1.807) is 0 Å². The van der Waals surface area contributed by atoms with E-state index in [0.29, 0.717) is 6.42 Å². The lowest BCUT2D eigenvalue weighted by molar-refractivity contribution is -0.107. The smallest absolute Gasteiger partial charge is 0.120 e. The van der Waals surface area contributed by atoms with Gasteiger partial charge >= 0.3 is 0 Å². The lowest BCUT2D eigenvalue weighted by Crippen LogP contribution is -1.89. The molecule has 0 aliphatic carbocycles. The first-order chi connectivity index (χ1) is 7.33. The van der Waals surface area contributed by atoms with E-state index in [4.69, 9.17) is 0 Å². The van der Waals surface area contributed by atoms with Crippen molar-refractivity contribution in [2.45, 2.75) is 19.3 Å². The van der Waals surface area contributed by atoms with Crippen molar-refractivity contribution in [3.05, 3.63) is 36.0 Å². The molecule has 0 saturated heterocycles. The summed E-state index contributed by atoms with van der Waals surface area (Å²) in [6, 6.07) is 8.50. The molecule has 1 aromatic carbocycles. The van der Waals surface area contributed by atoms with Gasteiger partial charge in [-0.3, -0.25) is 0 Å². The van der Waals surface area contributed by atoms with Crippen LogP contribution in [-0.4, -0.2) is 10.9 Å². The van der Waals surface area contributed by atoms with Gasteiger partial charge in [0.15, 0.2) is 0 Å². The standard InChI is InChI=1S/C13H15NO/c1-14-9-8-12-11(5-2-3-10-15)6-4-7-13(12)14/h4,6-10H,2-3,5H2,1H3. The number of unbranched alkanes of at least 4 members (excludes halogenated alkanes) is 1. The van der Waals surface area contributed by atoms with E-state index >= 15 is 0 Å². The number of carbonyl (C=O) groups is 1. The molecule has 0 aliphatic rings. The van der Waals surface area contributed by atoms with E-state index < -0.39 is 0 Å². The number of nitrogens with zero attached hydrogens (tertiary/aromatic N) is 1. The van der Waals surface area contributed by atoms with Crippen molar-refractivity contribution in [1.29, 1.82) is 0 Å². The van der Waals surface area contributed by atoms with Crippen molar-refractivity contribution in [2.75, 3.05) is 0 Å². The largest absolute Gasteiger partial charge is 0.351 e. The summed E-state index contributed by atoms with van der Waals surface area (Å²) in [5.41, 5.74) is 2.61. The van der Waals surface area contributed by atoms with Crippen LogP contribution in [0.2, 0.25) is 0 Å². The molecule has 78 valence electrons. The van der Waals surface area contributed by atoms with E-state index in [-0.39, 0.29) is 0 Å². The summed E-state index contributed by atoms with van der Waals surface area (Å²) < 4.78 is 2.12. The van der Waals surface area contributed by atoms with Crippen LogP contribution in [0.5, 0.6) is 0 Å². The number of fused-ring (bicyclic) bond motifs is 1. The Bertz CT molecular complexity index is 470. The van der Waals surface area contributed by atoms with Crippen molar-refractivity contribution in [1.82, 2.24) is 4.57 Å². The summed E-state index contributed by atoms with van der Waals surface area (Å²) in [7, 11) is 2.05. The number of hydrogen-bond donors (Lipinski definition) is 0. The van der Waals surface area contributed by atoms with E-state index in [1.165, 1.54) is 16.5 Å². The fourth-order valence-corrected chi connectivity index (χ4v) is 1.96. The van der Waals surface area contributed by atoms with E-state index in [0.717, 1.165) is 19.1 Å². The van der Waals surface area contributed by atoms with Gasteiger partial charge in [-0.25, -0.2) is 0 Å². The molecule has 0 bridgehead atoms. The van der Waals surface area contributed by atoms with Gasteiger partial charge < -0.3 is 9.36 Å². The van der Waals surface area contributed by atoms with Crippen molar-refractivity contribution in [3.63, 3.8) is 0 Å². The maximum atomic E-state index is 10.3. The predicted molar refractivity (Wildman–Crippen MR) is 61.9 cm³/mol. The molecule has 1 aromatic heterocycles. The molecule has 1 heterocycles. The summed E-state index contributed by atoms with van der Waals surface area (Å²) >= 11 is 0. The lowest BCUT2D eigenvalue weighted by atomic mass is 10.0. The minimum Gasteiger partial charge on any atom is -0.351 e. The Morgan fingerprint density at radius 2 is 2.20 bits per heavy atom. The second-order valence-corrected chi connectivity index (χ2v) is 3.84. The third-order valence-corrected chi connectivity index (χ3v) is 2.79. The molecule has 0 unspecified atom stereocenters. The number of rotatable bonds is 4. The molecule has 0 N–H and O–H groups in total. The minimum absolute atomic E-state index is 0.656. The van der Waals surface area contributed by atoms with Gasteiger partial charge in [-0.05, 0) is 30.5 Å². The van der Waals surface area contributed by atoms with Gasteiger partial charge in [0.05, 0.1) is 0 Å². The zero-order valence-electron chi connectivity index (χ0n) is 8.94. The van der Waals surface area contributed by atoms with Gasteiger partial charge in [0, 0.05) is 30.6 Å². The van der Waals surface area contributed by atoms with Crippen LogP contribution in [-0.2, 0) is 18.3 Å². The van der Waals surface area contributed by atoms with Crippen LogP contribution in [0.1, 0.15) is 18.4 Å². The van der Waals surface area contributed by atoms with Crippen LogP contribution >= 0.6 is 0 Å². The van der Waals surface area contributed by atoms with Crippen molar-refractivity contribution < 1.29 is 4.79 Å². The van der Waals surface area contributed by atoms with Gasteiger partial charge in [0.1, 0.15) is 6.29 Å². The first kappa shape index (κ1) is 9.97. The molecule has 2 heteroatoms. The Labute approximate surface area is 89.5 Å². The summed E-state index contributed by atoms with van der Waals surface area (Å²) in [5.74, 6) is 0. The second kappa shape index (κ2) is 4.30. The highest BCUT2D eigenvalue weighted by atomic mass is 16.1. The Hall–Kier alpha value is -1.57. The maximum absolute atomic E-state index is 10.3. The van der Waals surface area contributed by atoms with Crippen LogP contribution in [0.4, 0.5) is 0 Å². The van der Waals surface area contributed by atoms with Gasteiger partial charge in [-0.2, -0.15) is 0 Å². The number of benzene rings is 1. The Balaban J connectivity index is 2.30. The van der Waals surface area contributed by atoms with Crippen molar-refractivity contribution in [3.8, 4) is 0 Å². The molecule has 15 heavy (non-hydrogen) atoms. The van der Waals surface area contributed by atoms with Gasteiger partial charge in [0.2, 0.25) is 0 Å². The van der Waals surface area contributed by atoms with E-state index in [2.05, 4.69) is 42.1 Å². The molecular weight excluding hydrogens is 186 g/mol. The summed E-state index contributed by atoms with van der Waals surface area (Å²) in [6.07, 6.45) is 5.65. The first-order valence-corrected chi connectivity index (χ1v) is 5.29. The Morgan fingerprint density at radius 3 is 3.00 bits per heavy atom. The molecular formula is C13H15NO. The molecule has 0 amide bonds. The summed E-state index contributed by atoms with van der Waals surface area (Å²) in [5, 5.41) is 1.31. The van der Waals surface area contributed by atoms with Crippen LogP contribution < -0.4 is 0 Å². The number of aryl methyl sites for hydroxylation is 2. The van der Waals surface area contributed by atoms with Crippen molar-refractivity contribution >= 4 is 17.2 Å².